The van der Waals surface area contributed by atoms with Crippen molar-refractivity contribution in [2.45, 2.75) is 97.0 Å². The van der Waals surface area contributed by atoms with E-state index in [0.717, 1.165) is 12.1 Å². The third kappa shape index (κ3) is 7.23. The van der Waals surface area contributed by atoms with Crippen molar-refractivity contribution >= 4 is 34.6 Å². The highest BCUT2D eigenvalue weighted by molar-refractivity contribution is 5.93. The number of aromatic nitrogens is 2. The number of rotatable bonds is 11. The summed E-state index contributed by atoms with van der Waals surface area (Å²) in [5, 5.41) is 45.1. The minimum atomic E-state index is -2.13. The van der Waals surface area contributed by atoms with Gasteiger partial charge in [-0.15, -0.1) is 0 Å². The third-order valence-electron chi connectivity index (χ3n) is 11.1. The van der Waals surface area contributed by atoms with Crippen LogP contribution in [0.3, 0.4) is 0 Å². The number of amides is 1. The molecule has 0 saturated carbocycles. The average molecular weight is 832 g/mol. The predicted octanol–water partition coefficient (Wildman–Crippen LogP) is 5.11. The number of carboxylic acid groups (broad SMARTS) is 1. The lowest BCUT2D eigenvalue weighted by molar-refractivity contribution is -0.386. The highest BCUT2D eigenvalue weighted by Gasteiger charge is 2.42. The molecule has 1 amide bonds. The summed E-state index contributed by atoms with van der Waals surface area (Å²) in [5.74, 6) is -4.28. The van der Waals surface area contributed by atoms with Crippen LogP contribution in [0, 0.1) is 22.9 Å². The fourth-order valence-electron chi connectivity index (χ4n) is 8.19. The zero-order chi connectivity index (χ0) is 43.3. The number of nitro groups is 1. The van der Waals surface area contributed by atoms with Crippen molar-refractivity contribution in [2.24, 2.45) is 5.73 Å². The van der Waals surface area contributed by atoms with Crippen LogP contribution < -0.4 is 21.3 Å². The molecule has 3 aliphatic heterocycles. The predicted molar refractivity (Wildman–Crippen MR) is 208 cm³/mol. The van der Waals surface area contributed by atoms with Crippen molar-refractivity contribution in [3.8, 4) is 17.1 Å². The summed E-state index contributed by atoms with van der Waals surface area (Å²) in [7, 11) is 0. The van der Waals surface area contributed by atoms with Crippen LogP contribution in [-0.2, 0) is 43.4 Å². The van der Waals surface area contributed by atoms with E-state index in [0.29, 0.717) is 74.9 Å². The third-order valence-corrected chi connectivity index (χ3v) is 11.1. The fraction of sp³-hybridized carbons (Fsp3) is 0.390. The van der Waals surface area contributed by atoms with E-state index in [-0.39, 0.29) is 36.6 Å². The van der Waals surface area contributed by atoms with Gasteiger partial charge in [0.15, 0.2) is 11.9 Å². The van der Waals surface area contributed by atoms with E-state index in [4.69, 9.17) is 34.8 Å². The number of nitrogens with two attached hydrogens (primary N) is 1. The van der Waals surface area contributed by atoms with Crippen molar-refractivity contribution < 1.29 is 58.0 Å². The van der Waals surface area contributed by atoms with Gasteiger partial charge in [-0.2, -0.15) is 0 Å². The molecular formula is C41H42FN5O13. The van der Waals surface area contributed by atoms with Gasteiger partial charge < -0.3 is 49.9 Å². The lowest BCUT2D eigenvalue weighted by atomic mass is 9.81. The lowest BCUT2D eigenvalue weighted by Crippen LogP contribution is -2.34. The number of carbonyl (C=O) groups excluding carboxylic acids is 2. The summed E-state index contributed by atoms with van der Waals surface area (Å²) in [6.07, 6.45) is -4.63. The van der Waals surface area contributed by atoms with E-state index in [1.54, 1.807) is 17.6 Å². The van der Waals surface area contributed by atoms with Crippen molar-refractivity contribution in [1.82, 2.24) is 14.9 Å². The quantitative estimate of drug-likeness (QED) is 0.0289. The summed E-state index contributed by atoms with van der Waals surface area (Å²) in [6.45, 7) is 7.11. The topological polar surface area (TPSA) is 268 Å². The normalized spacial score (nSPS) is 19.9. The van der Waals surface area contributed by atoms with Crippen LogP contribution in [0.1, 0.15) is 97.0 Å². The molecule has 8 rings (SSSR count). The second-order valence-electron chi connectivity index (χ2n) is 14.4. The van der Waals surface area contributed by atoms with E-state index in [9.17, 15) is 39.5 Å². The molecule has 1 fully saturated rings. The molecule has 0 spiro atoms. The minimum absolute atomic E-state index is 0.0892. The number of epoxide rings is 1. The van der Waals surface area contributed by atoms with Crippen LogP contribution in [0.25, 0.3) is 22.3 Å². The number of aryl methyl sites for hydroxylation is 1. The molecule has 1 unspecified atom stereocenters. The standard InChI is InChI=1S/C39H36FN5O13.C2H6/c1-3-17-19-9-26-33-20(13-44(26)36(49)21(19)14-55-37(17)50)32-23(6-5-18-15(2)22(40)10-24(42-33)31(18)32)43-39(52)58-29(12-41)16-4-7-27(25(8-16)45(53)54)57-38(51)34(48)35-28(56-35)11-30(46)47;1-2/h4,7-10,17,23,28-29,38,48,51H,3,5-6,11-14,41H2,1-2H3,(H,43,52)(H,46,47);1-2H3/b35-34+;/t17-,23+,28-,29+,38?;/m1./s1. The van der Waals surface area contributed by atoms with Gasteiger partial charge in [-0.1, -0.05) is 26.8 Å². The first kappa shape index (κ1) is 41.6. The number of nitrogens with zero attached hydrogens (tertiary/aromatic N) is 3. The Kier molecular flexibility index (Phi) is 11.2. The molecule has 0 bridgehead atoms. The van der Waals surface area contributed by atoms with Crippen LogP contribution in [0.15, 0.2) is 46.6 Å². The second kappa shape index (κ2) is 16.2. The van der Waals surface area contributed by atoms with Gasteiger partial charge in [0.25, 0.3) is 11.8 Å². The first-order valence-corrected chi connectivity index (χ1v) is 19.4. The first-order chi connectivity index (χ1) is 28.7. The Morgan fingerprint density at radius 3 is 2.60 bits per heavy atom. The van der Waals surface area contributed by atoms with Crippen molar-refractivity contribution in [1.29, 1.82) is 0 Å². The van der Waals surface area contributed by atoms with Crippen LogP contribution in [-0.4, -0.2) is 66.8 Å². The molecule has 4 aliphatic rings. The Bertz CT molecular complexity index is 2570. The maximum absolute atomic E-state index is 15.3. The van der Waals surface area contributed by atoms with Crippen molar-refractivity contribution in [3.05, 3.63) is 107 Å². The Morgan fingerprint density at radius 2 is 1.92 bits per heavy atom. The first-order valence-electron chi connectivity index (χ1n) is 19.4. The second-order valence-corrected chi connectivity index (χ2v) is 14.4. The molecule has 1 saturated heterocycles. The number of hydrogen-bond acceptors (Lipinski definition) is 14. The zero-order valence-electron chi connectivity index (χ0n) is 32.9. The molecule has 316 valence electrons. The van der Waals surface area contributed by atoms with E-state index in [2.05, 4.69) is 5.32 Å². The number of aliphatic hydroxyl groups is 2. The molecule has 5 heterocycles. The Morgan fingerprint density at radius 1 is 1.17 bits per heavy atom. The lowest BCUT2D eigenvalue weighted by Gasteiger charge is -2.30. The van der Waals surface area contributed by atoms with Gasteiger partial charge in [0.1, 0.15) is 18.5 Å². The largest absolute Gasteiger partial charge is 0.504 e. The van der Waals surface area contributed by atoms with Gasteiger partial charge in [-0.3, -0.25) is 24.5 Å². The molecular weight excluding hydrogens is 789 g/mol. The van der Waals surface area contributed by atoms with Gasteiger partial charge in [0.2, 0.25) is 11.5 Å². The number of ether oxygens (including phenoxy) is 4. The number of pyridine rings is 2. The number of fused-ring (bicyclic) bond motifs is 5. The highest BCUT2D eigenvalue weighted by atomic mass is 19.1. The summed E-state index contributed by atoms with van der Waals surface area (Å²) in [6, 6.07) is 5.84. The van der Waals surface area contributed by atoms with Gasteiger partial charge in [-0.25, -0.2) is 14.2 Å². The number of benzene rings is 2. The SMILES string of the molecule is CC.CC[C@H]1C(=O)OCc2c1cc1n(c2=O)Cc2c-1nc1cc(F)c(C)c3c1c2[C@@H](NC(=O)O[C@@H](CN)c1ccc(OC(O)/C(O)=C2\O[C@@H]2CC(=O)O)c([N+](=O)[O-])c1)CC3. The van der Waals surface area contributed by atoms with Gasteiger partial charge in [0, 0.05) is 35.2 Å². The number of esters is 1. The number of carbonyl (C=O) groups is 3. The monoisotopic (exact) mass is 831 g/mol. The van der Waals surface area contributed by atoms with Gasteiger partial charge >= 0.3 is 23.7 Å². The molecule has 6 N–H and O–H groups in total. The van der Waals surface area contributed by atoms with Crippen LogP contribution >= 0.6 is 0 Å². The molecule has 1 aliphatic carbocycles. The summed E-state index contributed by atoms with van der Waals surface area (Å²) in [4.78, 5) is 67.2. The van der Waals surface area contributed by atoms with Crippen LogP contribution in [0.2, 0.25) is 0 Å². The minimum Gasteiger partial charge on any atom is -0.504 e. The molecule has 19 heteroatoms. The van der Waals surface area contributed by atoms with Crippen LogP contribution in [0.4, 0.5) is 14.9 Å². The maximum atomic E-state index is 15.3. The summed E-state index contributed by atoms with van der Waals surface area (Å²) in [5.41, 5.74) is 9.63. The van der Waals surface area contributed by atoms with E-state index in [1.165, 1.54) is 12.1 Å². The molecule has 5 atom stereocenters. The number of alkyl carbamates (subject to hydrolysis) is 1. The van der Waals surface area contributed by atoms with Gasteiger partial charge in [0.05, 0.1) is 52.3 Å². The molecule has 60 heavy (non-hydrogen) atoms. The number of nitro benzene ring substituents is 1. The number of carboxylic acids is 1. The Hall–Kier alpha value is -6.60. The van der Waals surface area contributed by atoms with Crippen molar-refractivity contribution in [3.63, 3.8) is 0 Å². The summed E-state index contributed by atoms with van der Waals surface area (Å²) < 4.78 is 38.1. The molecule has 2 aromatic carbocycles. The maximum Gasteiger partial charge on any atom is 0.408 e. The number of halogens is 1. The van der Waals surface area contributed by atoms with E-state index < -0.39 is 82.8 Å². The zero-order valence-corrected chi connectivity index (χ0v) is 32.9. The highest BCUT2D eigenvalue weighted by Crippen LogP contribution is 2.46. The van der Waals surface area contributed by atoms with E-state index >= 15 is 4.39 Å². The molecule has 0 radical (unpaired) electrons. The fourth-order valence-corrected chi connectivity index (χ4v) is 8.19. The van der Waals surface area contributed by atoms with Crippen LogP contribution in [0.5, 0.6) is 5.75 Å². The number of aliphatic hydroxyl groups excluding tert-OH is 2. The summed E-state index contributed by atoms with van der Waals surface area (Å²) >= 11 is 0. The molecule has 18 nitrogen and oxygen atoms in total. The van der Waals surface area contributed by atoms with Crippen molar-refractivity contribution in [2.75, 3.05) is 6.54 Å². The Labute approximate surface area is 340 Å². The number of hydrogen-bond donors (Lipinski definition) is 5. The number of cyclic esters (lactones) is 1. The smallest absolute Gasteiger partial charge is 0.408 e. The molecule has 4 aromatic rings. The Balaban J connectivity index is 0.00000268. The van der Waals surface area contributed by atoms with Gasteiger partial charge in [-0.05, 0) is 60.6 Å². The molecule has 2 aromatic heterocycles. The average Bonchev–Trinajstić information content (AvgIpc) is 3.89. The number of nitrogens with one attached hydrogen (secondary N) is 1. The van der Waals surface area contributed by atoms with E-state index in [1.807, 2.05) is 20.8 Å². The number of aliphatic carboxylic acids is 1.